The predicted octanol–water partition coefficient (Wildman–Crippen LogP) is 5.74. The molecule has 2 aromatic carbocycles. The van der Waals surface area contributed by atoms with Crippen LogP contribution < -0.4 is 10.6 Å². The van der Waals surface area contributed by atoms with Gasteiger partial charge in [-0.05, 0) is 48.6 Å². The van der Waals surface area contributed by atoms with Gasteiger partial charge in [0.1, 0.15) is 5.82 Å². The summed E-state index contributed by atoms with van der Waals surface area (Å²) in [5.41, 5.74) is 1.31. The zero-order chi connectivity index (χ0) is 23.7. The van der Waals surface area contributed by atoms with E-state index in [9.17, 15) is 27.2 Å². The van der Waals surface area contributed by atoms with Crippen molar-refractivity contribution in [2.45, 2.75) is 18.6 Å². The van der Waals surface area contributed by atoms with Crippen molar-refractivity contribution >= 4 is 45.2 Å². The summed E-state index contributed by atoms with van der Waals surface area (Å²) in [7, 11) is 0. The van der Waals surface area contributed by atoms with Crippen LogP contribution in [-0.2, 0) is 0 Å². The van der Waals surface area contributed by atoms with Gasteiger partial charge in [-0.2, -0.15) is 13.2 Å². The highest BCUT2D eigenvalue weighted by Crippen LogP contribution is 2.59. The third-order valence-corrected chi connectivity index (χ3v) is 7.43. The van der Waals surface area contributed by atoms with Crippen molar-refractivity contribution in [3.05, 3.63) is 62.3 Å². The van der Waals surface area contributed by atoms with Crippen molar-refractivity contribution in [2.24, 2.45) is 17.8 Å². The molecule has 11 heteroatoms. The number of piperidine rings is 1. The molecule has 33 heavy (non-hydrogen) atoms. The summed E-state index contributed by atoms with van der Waals surface area (Å²) >= 11 is 9.58. The number of alkyl halides is 3. The molecule has 2 fully saturated rings. The summed E-state index contributed by atoms with van der Waals surface area (Å²) < 4.78 is 53.8. The molecule has 2 heterocycles. The Hall–Kier alpha value is -2.33. The average molecular weight is 547 g/mol. The zero-order valence-electron chi connectivity index (χ0n) is 16.8. The smallest absolute Gasteiger partial charge is 0.341 e. The minimum atomic E-state index is -4.25. The maximum absolute atomic E-state index is 13.9. The van der Waals surface area contributed by atoms with E-state index in [0.29, 0.717) is 27.7 Å². The van der Waals surface area contributed by atoms with Crippen molar-refractivity contribution in [1.82, 2.24) is 10.2 Å². The van der Waals surface area contributed by atoms with E-state index in [1.165, 1.54) is 23.1 Å². The second-order valence-electron chi connectivity index (χ2n) is 8.55. The highest BCUT2D eigenvalue weighted by Gasteiger charge is 2.65. The van der Waals surface area contributed by atoms with E-state index in [2.05, 4.69) is 26.6 Å². The number of carbonyl (C=O) groups excluding carboxylic acids is 2. The molecule has 3 amide bonds. The van der Waals surface area contributed by atoms with E-state index < -0.39 is 47.7 Å². The number of carbonyl (C=O) groups is 2. The van der Waals surface area contributed by atoms with Gasteiger partial charge in [0.05, 0.1) is 12.0 Å². The van der Waals surface area contributed by atoms with Crippen LogP contribution in [0.25, 0.3) is 0 Å². The number of fused-ring (bicyclic) bond motifs is 2. The van der Waals surface area contributed by atoms with Crippen LogP contribution >= 0.6 is 27.5 Å². The van der Waals surface area contributed by atoms with E-state index in [1.54, 1.807) is 12.1 Å². The Kier molecular flexibility index (Phi) is 5.36. The second kappa shape index (κ2) is 7.87. The van der Waals surface area contributed by atoms with E-state index in [4.69, 9.17) is 11.6 Å². The molecule has 0 spiro atoms. The van der Waals surface area contributed by atoms with Crippen LogP contribution in [0.5, 0.6) is 0 Å². The van der Waals surface area contributed by atoms with Crippen molar-refractivity contribution in [1.29, 1.82) is 0 Å². The van der Waals surface area contributed by atoms with Crippen molar-refractivity contribution in [3.63, 3.8) is 0 Å². The lowest BCUT2D eigenvalue weighted by Gasteiger charge is -2.27. The number of halogens is 6. The molecule has 5 nitrogen and oxygen atoms in total. The second-order valence-corrected chi connectivity index (χ2v) is 9.87. The summed E-state index contributed by atoms with van der Waals surface area (Å²) in [6.45, 7) is 0.235. The van der Waals surface area contributed by atoms with Crippen LogP contribution in [0.1, 0.15) is 33.9 Å². The summed E-state index contributed by atoms with van der Waals surface area (Å²) in [5.74, 6) is -3.32. The number of anilines is 1. The Bertz CT molecular complexity index is 1180. The van der Waals surface area contributed by atoms with Crippen molar-refractivity contribution < 1.29 is 27.2 Å². The van der Waals surface area contributed by atoms with Crippen LogP contribution in [0.4, 0.5) is 28.0 Å². The van der Waals surface area contributed by atoms with E-state index >= 15 is 0 Å². The molecule has 5 rings (SSSR count). The molecular formula is C22H17BrClF4N3O2. The maximum Gasteiger partial charge on any atom is 0.392 e. The molecule has 2 aliphatic heterocycles. The molecule has 4 atom stereocenters. The number of hydrogen-bond acceptors (Lipinski definition) is 2. The van der Waals surface area contributed by atoms with Gasteiger partial charge in [0.15, 0.2) is 0 Å². The van der Waals surface area contributed by atoms with Crippen LogP contribution in [0.15, 0.2) is 34.8 Å². The fourth-order valence-corrected chi connectivity index (χ4v) is 5.76. The summed E-state index contributed by atoms with van der Waals surface area (Å²) in [6, 6.07) is 5.61. The van der Waals surface area contributed by atoms with Crippen LogP contribution in [0.2, 0.25) is 5.02 Å². The molecule has 2 aromatic rings. The topological polar surface area (TPSA) is 61.4 Å². The van der Waals surface area contributed by atoms with Gasteiger partial charge in [-0.1, -0.05) is 27.5 Å². The van der Waals surface area contributed by atoms with Crippen molar-refractivity contribution in [3.8, 4) is 0 Å². The normalized spacial score (nSPS) is 25.9. The van der Waals surface area contributed by atoms with E-state index in [1.807, 2.05) is 0 Å². The molecule has 0 bridgehead atoms. The quantitative estimate of drug-likeness (QED) is 0.472. The zero-order valence-corrected chi connectivity index (χ0v) is 19.2. The third-order valence-electron chi connectivity index (χ3n) is 6.62. The van der Waals surface area contributed by atoms with E-state index in [-0.39, 0.29) is 23.7 Å². The fraction of sp³-hybridized carbons (Fsp3) is 0.364. The monoisotopic (exact) mass is 545 g/mol. The van der Waals surface area contributed by atoms with E-state index in [0.717, 1.165) is 0 Å². The molecular weight excluding hydrogens is 530 g/mol. The number of likely N-dealkylation sites (tertiary alicyclic amines) is 1. The Labute approximate surface area is 199 Å². The van der Waals surface area contributed by atoms with Crippen molar-refractivity contribution in [2.75, 3.05) is 18.4 Å². The minimum Gasteiger partial charge on any atom is -0.341 e. The SMILES string of the molecule is O=C1NC(c2cc(F)ccc2Cl)c2c(NC(=O)N3CCC4C(C3)C4C(F)(F)F)cc(Br)cc21. The summed E-state index contributed by atoms with van der Waals surface area (Å²) in [6.07, 6.45) is -3.96. The Balaban J connectivity index is 1.43. The predicted molar refractivity (Wildman–Crippen MR) is 117 cm³/mol. The van der Waals surface area contributed by atoms with Crippen LogP contribution in [0.3, 0.4) is 0 Å². The van der Waals surface area contributed by atoms with Gasteiger partial charge in [-0.15, -0.1) is 0 Å². The van der Waals surface area contributed by atoms with Crippen LogP contribution in [0, 0.1) is 23.6 Å². The molecule has 0 radical (unpaired) electrons. The first-order valence-corrected chi connectivity index (χ1v) is 11.4. The molecule has 1 saturated heterocycles. The molecule has 1 saturated carbocycles. The molecule has 2 N–H and O–H groups in total. The standard InChI is InChI=1S/C22H17BrClF4N3O2/c23-9-5-13-17(19(30-20(13)32)12-7-10(25)1-2-15(12)24)16(6-9)29-21(33)31-4-3-11-14(8-31)18(11)22(26,27)28/h1-2,5-7,11,14,18-19H,3-4,8H2,(H,29,33)(H,30,32). The molecule has 3 aliphatic rings. The number of nitrogens with zero attached hydrogens (tertiary/aromatic N) is 1. The maximum atomic E-state index is 13.9. The number of urea groups is 1. The van der Waals surface area contributed by atoms with Gasteiger partial charge in [0.2, 0.25) is 0 Å². The highest BCUT2D eigenvalue weighted by molar-refractivity contribution is 9.10. The Morgan fingerprint density at radius 2 is 1.97 bits per heavy atom. The largest absolute Gasteiger partial charge is 0.392 e. The first-order chi connectivity index (χ1) is 15.5. The number of hydrogen-bond donors (Lipinski definition) is 2. The lowest BCUT2D eigenvalue weighted by molar-refractivity contribution is -0.153. The number of rotatable bonds is 2. The lowest BCUT2D eigenvalue weighted by Crippen LogP contribution is -2.40. The molecule has 4 unspecified atom stereocenters. The summed E-state index contributed by atoms with van der Waals surface area (Å²) in [4.78, 5) is 27.0. The first-order valence-electron chi connectivity index (χ1n) is 10.3. The van der Waals surface area contributed by atoms with Gasteiger partial charge < -0.3 is 15.5 Å². The van der Waals surface area contributed by atoms with Gasteiger partial charge in [0, 0.05) is 45.0 Å². The highest BCUT2D eigenvalue weighted by atomic mass is 79.9. The average Bonchev–Trinajstić information content (AvgIpc) is 3.39. The minimum absolute atomic E-state index is 0.0210. The van der Waals surface area contributed by atoms with Crippen LogP contribution in [-0.4, -0.2) is 36.1 Å². The first kappa shape index (κ1) is 22.5. The molecule has 1 aliphatic carbocycles. The molecule has 0 aromatic heterocycles. The number of amides is 3. The van der Waals surface area contributed by atoms with Gasteiger partial charge in [-0.3, -0.25) is 4.79 Å². The summed E-state index contributed by atoms with van der Waals surface area (Å²) in [5, 5.41) is 5.75. The fourth-order valence-electron chi connectivity index (χ4n) is 5.07. The van der Waals surface area contributed by atoms with Gasteiger partial charge in [0.25, 0.3) is 5.91 Å². The lowest BCUT2D eigenvalue weighted by atomic mass is 9.96. The Morgan fingerprint density at radius 3 is 2.70 bits per heavy atom. The number of benzene rings is 2. The van der Waals surface area contributed by atoms with Gasteiger partial charge in [-0.25, -0.2) is 9.18 Å². The van der Waals surface area contributed by atoms with Gasteiger partial charge >= 0.3 is 12.2 Å². The number of nitrogens with one attached hydrogen (secondary N) is 2. The Morgan fingerprint density at radius 1 is 1.21 bits per heavy atom. The third kappa shape index (κ3) is 3.97. The molecule has 174 valence electrons.